The number of methoxy groups -OCH3 is 1. The second-order valence-electron chi connectivity index (χ2n) is 4.71. The van der Waals surface area contributed by atoms with Gasteiger partial charge in [0.25, 0.3) is 0 Å². The Balaban J connectivity index is 1.79. The molecule has 1 heterocycles. The molecule has 18 heavy (non-hydrogen) atoms. The van der Waals surface area contributed by atoms with Crippen LogP contribution in [0.2, 0.25) is 0 Å². The number of nitrogens with one attached hydrogen (secondary N) is 1. The molecule has 4 heteroatoms. The maximum absolute atomic E-state index is 9.81. The average molecular weight is 251 g/mol. The zero-order chi connectivity index (χ0) is 12.8. The maximum atomic E-state index is 9.81. The molecule has 100 valence electrons. The Labute approximate surface area is 108 Å². The van der Waals surface area contributed by atoms with E-state index in [1.165, 1.54) is 6.42 Å². The predicted octanol–water partition coefficient (Wildman–Crippen LogP) is 1.92. The van der Waals surface area contributed by atoms with E-state index < -0.39 is 0 Å². The van der Waals surface area contributed by atoms with Crippen LogP contribution in [0, 0.1) is 5.92 Å². The third-order valence-corrected chi connectivity index (χ3v) is 3.30. The predicted molar refractivity (Wildman–Crippen MR) is 69.9 cm³/mol. The molecule has 1 saturated heterocycles. The van der Waals surface area contributed by atoms with E-state index in [1.54, 1.807) is 13.2 Å². The number of phenols is 1. The lowest BCUT2D eigenvalue weighted by Gasteiger charge is -2.22. The molecule has 4 nitrogen and oxygen atoms in total. The van der Waals surface area contributed by atoms with Gasteiger partial charge in [0.05, 0.1) is 13.7 Å². The Morgan fingerprint density at radius 1 is 1.50 bits per heavy atom. The summed E-state index contributed by atoms with van der Waals surface area (Å²) in [5.41, 5.74) is 0.896. The maximum Gasteiger partial charge on any atom is 0.123 e. The lowest BCUT2D eigenvalue weighted by atomic mass is 10.0. The summed E-state index contributed by atoms with van der Waals surface area (Å²) in [6.45, 7) is 3.36. The second kappa shape index (κ2) is 6.61. The molecule has 0 amide bonds. The monoisotopic (exact) mass is 251 g/mol. The highest BCUT2D eigenvalue weighted by Gasteiger charge is 2.13. The van der Waals surface area contributed by atoms with Crippen LogP contribution in [-0.4, -0.2) is 32.0 Å². The molecule has 1 atom stereocenters. The first-order valence-electron chi connectivity index (χ1n) is 6.44. The van der Waals surface area contributed by atoms with Crippen LogP contribution in [0.5, 0.6) is 11.5 Å². The molecule has 2 rings (SSSR count). The molecule has 0 radical (unpaired) electrons. The molecule has 1 aliphatic rings. The minimum Gasteiger partial charge on any atom is -0.507 e. The first-order valence-corrected chi connectivity index (χ1v) is 6.44. The lowest BCUT2D eigenvalue weighted by Crippen LogP contribution is -2.28. The van der Waals surface area contributed by atoms with Gasteiger partial charge in [-0.3, -0.25) is 0 Å². The van der Waals surface area contributed by atoms with Gasteiger partial charge < -0.3 is 19.9 Å². The van der Waals surface area contributed by atoms with Crippen LogP contribution in [0.15, 0.2) is 18.2 Å². The summed E-state index contributed by atoms with van der Waals surface area (Å²) in [5.74, 6) is 1.55. The minimum absolute atomic E-state index is 0.279. The summed E-state index contributed by atoms with van der Waals surface area (Å²) in [6, 6.07) is 5.39. The lowest BCUT2D eigenvalue weighted by molar-refractivity contribution is 0.0547. The summed E-state index contributed by atoms with van der Waals surface area (Å²) in [6.07, 6.45) is 2.38. The molecular weight excluding hydrogens is 230 g/mol. The summed E-state index contributed by atoms with van der Waals surface area (Å²) in [5, 5.41) is 13.2. The molecule has 1 aromatic rings. The van der Waals surface area contributed by atoms with Crippen LogP contribution >= 0.6 is 0 Å². The summed E-state index contributed by atoms with van der Waals surface area (Å²) in [7, 11) is 1.59. The molecule has 0 bridgehead atoms. The van der Waals surface area contributed by atoms with Gasteiger partial charge in [0.2, 0.25) is 0 Å². The molecule has 2 N–H and O–H groups in total. The second-order valence-corrected chi connectivity index (χ2v) is 4.71. The van der Waals surface area contributed by atoms with E-state index in [1.807, 2.05) is 12.1 Å². The van der Waals surface area contributed by atoms with Crippen LogP contribution in [0.3, 0.4) is 0 Å². The number of benzene rings is 1. The topological polar surface area (TPSA) is 50.7 Å². The Morgan fingerprint density at radius 2 is 2.39 bits per heavy atom. The minimum atomic E-state index is 0.279. The number of hydrogen-bond donors (Lipinski definition) is 2. The largest absolute Gasteiger partial charge is 0.507 e. The summed E-state index contributed by atoms with van der Waals surface area (Å²) in [4.78, 5) is 0. The number of hydrogen-bond acceptors (Lipinski definition) is 4. The normalized spacial score (nSPS) is 19.7. The van der Waals surface area contributed by atoms with Crippen LogP contribution in [-0.2, 0) is 11.3 Å². The fourth-order valence-electron chi connectivity index (χ4n) is 2.20. The molecule has 1 aliphatic heterocycles. The number of phenolic OH excluding ortho intramolecular Hbond substituents is 1. The van der Waals surface area contributed by atoms with Gasteiger partial charge in [-0.15, -0.1) is 0 Å². The van der Waals surface area contributed by atoms with Crippen molar-refractivity contribution in [3.05, 3.63) is 23.8 Å². The fraction of sp³-hybridized carbons (Fsp3) is 0.571. The van der Waals surface area contributed by atoms with Crippen molar-refractivity contribution in [3.63, 3.8) is 0 Å². The smallest absolute Gasteiger partial charge is 0.123 e. The fourth-order valence-corrected chi connectivity index (χ4v) is 2.20. The van der Waals surface area contributed by atoms with E-state index in [9.17, 15) is 5.11 Å². The summed E-state index contributed by atoms with van der Waals surface area (Å²) >= 11 is 0. The molecular formula is C14H21NO3. The highest BCUT2D eigenvalue weighted by atomic mass is 16.5. The highest BCUT2D eigenvalue weighted by molar-refractivity contribution is 5.39. The molecule has 1 fully saturated rings. The van der Waals surface area contributed by atoms with Crippen molar-refractivity contribution >= 4 is 0 Å². The SMILES string of the molecule is COc1ccc(CNCC2CCCOC2)c(O)c1. The van der Waals surface area contributed by atoms with Crippen LogP contribution < -0.4 is 10.1 Å². The molecule has 0 aliphatic carbocycles. The van der Waals surface area contributed by atoms with Crippen LogP contribution in [0.1, 0.15) is 18.4 Å². The number of aromatic hydroxyl groups is 1. The number of ether oxygens (including phenoxy) is 2. The van der Waals surface area contributed by atoms with Gasteiger partial charge in [-0.25, -0.2) is 0 Å². The Morgan fingerprint density at radius 3 is 3.06 bits per heavy atom. The van der Waals surface area contributed by atoms with E-state index in [4.69, 9.17) is 9.47 Å². The third kappa shape index (κ3) is 3.62. The van der Waals surface area contributed by atoms with Gasteiger partial charge in [0.15, 0.2) is 0 Å². The molecule has 0 saturated carbocycles. The Kier molecular flexibility index (Phi) is 4.84. The van der Waals surface area contributed by atoms with E-state index >= 15 is 0 Å². The van der Waals surface area contributed by atoms with Gasteiger partial charge in [-0.1, -0.05) is 6.07 Å². The Hall–Kier alpha value is -1.26. The van der Waals surface area contributed by atoms with Crippen LogP contribution in [0.4, 0.5) is 0 Å². The number of rotatable bonds is 5. The average Bonchev–Trinajstić information content (AvgIpc) is 2.42. The molecule has 1 aromatic carbocycles. The van der Waals surface area contributed by atoms with Gasteiger partial charge in [0.1, 0.15) is 11.5 Å². The standard InChI is InChI=1S/C14H21NO3/c1-17-13-5-4-12(14(16)7-13)9-15-8-11-3-2-6-18-10-11/h4-5,7,11,15-16H,2-3,6,8-10H2,1H3. The van der Waals surface area contributed by atoms with Crippen molar-refractivity contribution in [1.29, 1.82) is 0 Å². The highest BCUT2D eigenvalue weighted by Crippen LogP contribution is 2.23. The van der Waals surface area contributed by atoms with Crippen molar-refractivity contribution in [2.45, 2.75) is 19.4 Å². The van der Waals surface area contributed by atoms with Crippen LogP contribution in [0.25, 0.3) is 0 Å². The Bertz CT molecular complexity index is 375. The first-order chi connectivity index (χ1) is 8.79. The quantitative estimate of drug-likeness (QED) is 0.839. The van der Waals surface area contributed by atoms with Gasteiger partial charge >= 0.3 is 0 Å². The van der Waals surface area contributed by atoms with Gasteiger partial charge in [-0.2, -0.15) is 0 Å². The molecule has 0 spiro atoms. The van der Waals surface area contributed by atoms with Crippen molar-refractivity contribution in [2.24, 2.45) is 5.92 Å². The van der Waals surface area contributed by atoms with Gasteiger partial charge in [0, 0.05) is 31.3 Å². The van der Waals surface area contributed by atoms with E-state index in [0.717, 1.165) is 31.7 Å². The zero-order valence-electron chi connectivity index (χ0n) is 10.8. The van der Waals surface area contributed by atoms with Crippen molar-refractivity contribution < 1.29 is 14.6 Å². The molecule has 0 aromatic heterocycles. The van der Waals surface area contributed by atoms with E-state index in [-0.39, 0.29) is 5.75 Å². The third-order valence-electron chi connectivity index (χ3n) is 3.30. The first kappa shape index (κ1) is 13.2. The van der Waals surface area contributed by atoms with Crippen molar-refractivity contribution in [1.82, 2.24) is 5.32 Å². The van der Waals surface area contributed by atoms with E-state index in [0.29, 0.717) is 18.2 Å². The zero-order valence-corrected chi connectivity index (χ0v) is 10.8. The molecule has 1 unspecified atom stereocenters. The summed E-state index contributed by atoms with van der Waals surface area (Å²) < 4.78 is 10.5. The van der Waals surface area contributed by atoms with Crippen molar-refractivity contribution in [3.8, 4) is 11.5 Å². The van der Waals surface area contributed by atoms with E-state index in [2.05, 4.69) is 5.32 Å². The van der Waals surface area contributed by atoms with Gasteiger partial charge in [-0.05, 0) is 24.8 Å². The van der Waals surface area contributed by atoms with Crippen molar-refractivity contribution in [2.75, 3.05) is 26.9 Å².